The second-order valence-corrected chi connectivity index (χ2v) is 6.13. The van der Waals surface area contributed by atoms with Gasteiger partial charge in [0.2, 0.25) is 0 Å². The van der Waals surface area contributed by atoms with E-state index in [2.05, 4.69) is 35.8 Å². The van der Waals surface area contributed by atoms with Crippen molar-refractivity contribution in [2.45, 2.75) is 43.4 Å². The molecule has 1 aromatic rings. The highest BCUT2D eigenvalue weighted by molar-refractivity contribution is 9.09. The number of ether oxygens (including phenoxy) is 1. The second-order valence-electron chi connectivity index (χ2n) is 5.02. The number of carbonyl (C=O) groups excluding carboxylic acids is 1. The lowest BCUT2D eigenvalue weighted by Gasteiger charge is -2.38. The smallest absolute Gasteiger partial charge is 0.144 e. The number of benzene rings is 1. The fourth-order valence-corrected chi connectivity index (χ4v) is 3.30. The first kappa shape index (κ1) is 13.6. The number of rotatable bonds is 3. The molecule has 0 spiro atoms. The minimum Gasteiger partial charge on any atom is -0.497 e. The van der Waals surface area contributed by atoms with Gasteiger partial charge >= 0.3 is 0 Å². The van der Waals surface area contributed by atoms with E-state index < -0.39 is 5.41 Å². The Bertz CT molecular complexity index is 470. The Kier molecular flexibility index (Phi) is 3.81. The van der Waals surface area contributed by atoms with E-state index in [0.29, 0.717) is 12.2 Å². The normalized spacial score (nSPS) is 24.6. The predicted octanol–water partition coefficient (Wildman–Crippen LogP) is 3.64. The summed E-state index contributed by atoms with van der Waals surface area (Å²) in [5.74, 6) is 1.15. The summed E-state index contributed by atoms with van der Waals surface area (Å²) in [7, 11) is 1.66. The monoisotopic (exact) mass is 310 g/mol. The van der Waals surface area contributed by atoms with Crippen LogP contribution >= 0.6 is 15.9 Å². The average Bonchev–Trinajstić information content (AvgIpc) is 2.41. The summed E-state index contributed by atoms with van der Waals surface area (Å²) in [5, 5.41) is 0. The van der Waals surface area contributed by atoms with Crippen molar-refractivity contribution in [2.24, 2.45) is 0 Å². The molecule has 18 heavy (non-hydrogen) atoms. The fourth-order valence-electron chi connectivity index (χ4n) is 2.79. The van der Waals surface area contributed by atoms with Gasteiger partial charge in [0.1, 0.15) is 11.5 Å². The Morgan fingerprint density at radius 1 is 1.44 bits per heavy atom. The van der Waals surface area contributed by atoms with Gasteiger partial charge in [-0.15, -0.1) is 0 Å². The van der Waals surface area contributed by atoms with Gasteiger partial charge in [0.15, 0.2) is 0 Å². The number of hydrogen-bond acceptors (Lipinski definition) is 2. The third-order valence-electron chi connectivity index (χ3n) is 4.06. The van der Waals surface area contributed by atoms with Crippen LogP contribution in [0.15, 0.2) is 18.2 Å². The summed E-state index contributed by atoms with van der Waals surface area (Å²) in [6.45, 7) is 4.15. The third kappa shape index (κ3) is 1.99. The summed E-state index contributed by atoms with van der Waals surface area (Å²) >= 11 is 3.69. The summed E-state index contributed by atoms with van der Waals surface area (Å²) in [5.41, 5.74) is 1.97. The number of methoxy groups -OCH3 is 1. The van der Waals surface area contributed by atoms with E-state index >= 15 is 0 Å². The van der Waals surface area contributed by atoms with Crippen LogP contribution in [0, 0.1) is 0 Å². The maximum Gasteiger partial charge on any atom is 0.144 e. The molecule has 1 aliphatic rings. The predicted molar refractivity (Wildman–Crippen MR) is 76.7 cm³/mol. The molecule has 98 valence electrons. The molecule has 1 aromatic carbocycles. The average molecular weight is 311 g/mol. The largest absolute Gasteiger partial charge is 0.497 e. The zero-order valence-corrected chi connectivity index (χ0v) is 12.7. The van der Waals surface area contributed by atoms with Gasteiger partial charge in [0.05, 0.1) is 12.5 Å². The molecule has 2 nitrogen and oxygen atoms in total. The molecular formula is C15H19BrO2. The van der Waals surface area contributed by atoms with E-state index in [1.807, 2.05) is 12.1 Å². The number of hydrogen-bond donors (Lipinski definition) is 0. The van der Waals surface area contributed by atoms with Gasteiger partial charge in [0, 0.05) is 11.2 Å². The van der Waals surface area contributed by atoms with E-state index in [9.17, 15) is 4.79 Å². The highest BCUT2D eigenvalue weighted by Crippen LogP contribution is 2.42. The number of Topliss-reactive ketones (excluding diaryl/α,β-unsaturated/α-hetero) is 1. The van der Waals surface area contributed by atoms with Crippen molar-refractivity contribution in [2.75, 3.05) is 7.11 Å². The first-order valence-corrected chi connectivity index (χ1v) is 7.30. The molecule has 2 rings (SSSR count). The molecule has 0 bridgehead atoms. The van der Waals surface area contributed by atoms with Crippen LogP contribution in [0.3, 0.4) is 0 Å². The van der Waals surface area contributed by atoms with E-state index in [4.69, 9.17) is 4.74 Å². The number of alkyl halides is 1. The van der Waals surface area contributed by atoms with Crippen LogP contribution in [0.1, 0.15) is 37.8 Å². The maximum absolute atomic E-state index is 12.4. The lowest BCUT2D eigenvalue weighted by atomic mass is 9.68. The second kappa shape index (κ2) is 5.04. The standard InChI is InChI=1S/C15H19BrO2/c1-4-13(16)15(2)12-9-11(18-3)7-5-10(12)6-8-14(15)17/h5,7,9,13H,4,6,8H2,1-3H3. The summed E-state index contributed by atoms with van der Waals surface area (Å²) in [6, 6.07) is 6.09. The van der Waals surface area contributed by atoms with Crippen molar-refractivity contribution in [3.8, 4) is 5.75 Å². The Hall–Kier alpha value is -0.830. The molecule has 0 radical (unpaired) electrons. The van der Waals surface area contributed by atoms with Gasteiger partial charge in [-0.3, -0.25) is 4.79 Å². The van der Waals surface area contributed by atoms with Crippen molar-refractivity contribution in [1.82, 2.24) is 0 Å². The molecule has 1 aliphatic carbocycles. The SMILES string of the molecule is CCC(Br)C1(C)C(=O)CCc2ccc(OC)cc21. The molecule has 2 atom stereocenters. The Labute approximate surface area is 117 Å². The Morgan fingerprint density at radius 3 is 2.78 bits per heavy atom. The highest BCUT2D eigenvalue weighted by Gasteiger charge is 2.44. The first-order valence-electron chi connectivity index (χ1n) is 6.38. The Balaban J connectivity index is 2.58. The van der Waals surface area contributed by atoms with Crippen LogP contribution in [0.5, 0.6) is 5.75 Å². The highest BCUT2D eigenvalue weighted by atomic mass is 79.9. The Morgan fingerprint density at radius 2 is 2.17 bits per heavy atom. The van der Waals surface area contributed by atoms with Gasteiger partial charge in [-0.2, -0.15) is 0 Å². The van der Waals surface area contributed by atoms with Crippen LogP contribution in [0.2, 0.25) is 0 Å². The fraction of sp³-hybridized carbons (Fsp3) is 0.533. The zero-order chi connectivity index (χ0) is 13.3. The molecule has 0 heterocycles. The van der Waals surface area contributed by atoms with E-state index in [-0.39, 0.29) is 4.83 Å². The van der Waals surface area contributed by atoms with Crippen LogP contribution in [-0.2, 0) is 16.6 Å². The first-order chi connectivity index (χ1) is 8.53. The quantitative estimate of drug-likeness (QED) is 0.797. The minimum atomic E-state index is -0.434. The molecule has 0 fully saturated rings. The number of ketones is 1. The molecule has 0 N–H and O–H groups in total. The van der Waals surface area contributed by atoms with Crippen LogP contribution < -0.4 is 4.74 Å². The topological polar surface area (TPSA) is 26.3 Å². The van der Waals surface area contributed by atoms with E-state index in [1.165, 1.54) is 5.56 Å². The van der Waals surface area contributed by atoms with Crippen LogP contribution in [-0.4, -0.2) is 17.7 Å². The van der Waals surface area contributed by atoms with Gasteiger partial charge in [0.25, 0.3) is 0 Å². The van der Waals surface area contributed by atoms with Gasteiger partial charge < -0.3 is 4.74 Å². The minimum absolute atomic E-state index is 0.170. The number of halogens is 1. The molecule has 0 aromatic heterocycles. The molecule has 0 saturated heterocycles. The molecule has 2 unspecified atom stereocenters. The lowest BCUT2D eigenvalue weighted by Crippen LogP contribution is -2.44. The number of carbonyl (C=O) groups is 1. The van der Waals surface area contributed by atoms with Gasteiger partial charge in [-0.1, -0.05) is 28.9 Å². The van der Waals surface area contributed by atoms with Crippen LogP contribution in [0.25, 0.3) is 0 Å². The number of fused-ring (bicyclic) bond motifs is 1. The van der Waals surface area contributed by atoms with Gasteiger partial charge in [-0.05, 0) is 43.0 Å². The molecular weight excluding hydrogens is 292 g/mol. The third-order valence-corrected chi connectivity index (χ3v) is 5.63. The van der Waals surface area contributed by atoms with Crippen molar-refractivity contribution < 1.29 is 9.53 Å². The summed E-state index contributed by atoms with van der Waals surface area (Å²) < 4.78 is 5.30. The van der Waals surface area contributed by atoms with Gasteiger partial charge in [-0.25, -0.2) is 0 Å². The molecule has 0 amide bonds. The van der Waals surface area contributed by atoms with Crippen LogP contribution in [0.4, 0.5) is 0 Å². The van der Waals surface area contributed by atoms with E-state index in [0.717, 1.165) is 24.2 Å². The zero-order valence-electron chi connectivity index (χ0n) is 11.1. The van der Waals surface area contributed by atoms with Crippen molar-refractivity contribution in [3.63, 3.8) is 0 Å². The summed E-state index contributed by atoms with van der Waals surface area (Å²) in [6.07, 6.45) is 2.41. The number of aryl methyl sites for hydroxylation is 1. The summed E-state index contributed by atoms with van der Waals surface area (Å²) in [4.78, 5) is 12.6. The van der Waals surface area contributed by atoms with Crippen molar-refractivity contribution in [1.29, 1.82) is 0 Å². The van der Waals surface area contributed by atoms with Crippen molar-refractivity contribution >= 4 is 21.7 Å². The van der Waals surface area contributed by atoms with E-state index in [1.54, 1.807) is 7.11 Å². The maximum atomic E-state index is 12.4. The molecule has 0 aliphatic heterocycles. The lowest BCUT2D eigenvalue weighted by molar-refractivity contribution is -0.124. The molecule has 0 saturated carbocycles. The van der Waals surface area contributed by atoms with Crippen molar-refractivity contribution in [3.05, 3.63) is 29.3 Å². The molecule has 3 heteroatoms.